The summed E-state index contributed by atoms with van der Waals surface area (Å²) in [6, 6.07) is 2.25. The van der Waals surface area contributed by atoms with Crippen molar-refractivity contribution in [2.24, 2.45) is 5.92 Å². The Kier molecular flexibility index (Phi) is 3.06. The number of carbonyl (C=O) groups is 1. The van der Waals surface area contributed by atoms with E-state index in [1.54, 1.807) is 11.3 Å². The fourth-order valence-corrected chi connectivity index (χ4v) is 3.95. The summed E-state index contributed by atoms with van der Waals surface area (Å²) in [4.78, 5) is 13.3. The Bertz CT molecular complexity index is 523. The van der Waals surface area contributed by atoms with Crippen LogP contribution >= 0.6 is 11.3 Å². The summed E-state index contributed by atoms with van der Waals surface area (Å²) in [6.07, 6.45) is 4.06. The second kappa shape index (κ2) is 4.71. The number of carbonyl (C=O) groups excluding carboxylic acids is 1. The molecule has 1 aromatic rings. The molecule has 2 aliphatic rings. The number of nitrogens with zero attached hydrogens (tertiary/aromatic N) is 1. The van der Waals surface area contributed by atoms with Crippen LogP contribution in [0.1, 0.15) is 28.8 Å². The molecule has 1 amide bonds. The molecule has 1 atom stereocenters. The number of aryl methyl sites for hydroxylation is 1. The lowest BCUT2D eigenvalue weighted by Gasteiger charge is -2.08. The average Bonchev–Trinajstić information content (AvgIpc) is 3.04. The second-order valence-electron chi connectivity index (χ2n) is 4.85. The van der Waals surface area contributed by atoms with Gasteiger partial charge in [0.15, 0.2) is 0 Å². The molecular weight excluding hydrogens is 246 g/mol. The molecule has 0 bridgehead atoms. The zero-order valence-corrected chi connectivity index (χ0v) is 10.9. The highest BCUT2D eigenvalue weighted by Crippen LogP contribution is 2.38. The first-order chi connectivity index (χ1) is 8.79. The number of hydrogen-bond acceptors (Lipinski definition) is 4. The number of fused-ring (bicyclic) bond motifs is 1. The van der Waals surface area contributed by atoms with E-state index in [0.29, 0.717) is 5.56 Å². The van der Waals surface area contributed by atoms with Crippen molar-refractivity contribution in [3.05, 3.63) is 16.0 Å². The summed E-state index contributed by atoms with van der Waals surface area (Å²) in [5, 5.41) is 16.1. The first kappa shape index (κ1) is 11.7. The fraction of sp³-hybridized carbons (Fsp3) is 0.538. The molecule has 18 heavy (non-hydrogen) atoms. The van der Waals surface area contributed by atoms with Gasteiger partial charge in [-0.05, 0) is 37.8 Å². The number of amides is 1. The van der Waals surface area contributed by atoms with E-state index < -0.39 is 0 Å². The molecule has 0 aromatic carbocycles. The Morgan fingerprint density at radius 1 is 1.50 bits per heavy atom. The minimum atomic E-state index is 0.0495. The van der Waals surface area contributed by atoms with Gasteiger partial charge in [0.05, 0.1) is 11.5 Å². The van der Waals surface area contributed by atoms with Crippen molar-refractivity contribution in [3.8, 4) is 6.07 Å². The lowest BCUT2D eigenvalue weighted by Crippen LogP contribution is -2.24. The van der Waals surface area contributed by atoms with Crippen LogP contribution in [-0.4, -0.2) is 19.0 Å². The van der Waals surface area contributed by atoms with Gasteiger partial charge >= 0.3 is 0 Å². The average molecular weight is 261 g/mol. The number of hydrogen-bond donors (Lipinski definition) is 2. The maximum atomic E-state index is 12.1. The first-order valence-corrected chi connectivity index (χ1v) is 7.17. The van der Waals surface area contributed by atoms with Crippen molar-refractivity contribution in [1.29, 1.82) is 5.26 Å². The van der Waals surface area contributed by atoms with Crippen molar-refractivity contribution < 1.29 is 4.79 Å². The van der Waals surface area contributed by atoms with Crippen LogP contribution < -0.4 is 10.6 Å². The van der Waals surface area contributed by atoms with E-state index in [1.165, 1.54) is 10.4 Å². The summed E-state index contributed by atoms with van der Waals surface area (Å²) >= 11 is 1.59. The van der Waals surface area contributed by atoms with Gasteiger partial charge in [0.25, 0.3) is 0 Å². The molecule has 2 heterocycles. The van der Waals surface area contributed by atoms with E-state index in [2.05, 4.69) is 16.7 Å². The highest BCUT2D eigenvalue weighted by Gasteiger charge is 2.26. The first-order valence-electron chi connectivity index (χ1n) is 6.36. The smallest absolute Gasteiger partial charge is 0.229 e. The standard InChI is InChI=1S/C13H15N3OS/c14-6-10-9-2-1-3-11(9)18-13(10)16-12(17)8-4-5-15-7-8/h8,15H,1-5,7H2,(H,16,17). The van der Waals surface area contributed by atoms with Crippen molar-refractivity contribution in [3.63, 3.8) is 0 Å². The van der Waals surface area contributed by atoms with E-state index in [9.17, 15) is 10.1 Å². The van der Waals surface area contributed by atoms with E-state index >= 15 is 0 Å². The van der Waals surface area contributed by atoms with E-state index in [-0.39, 0.29) is 11.8 Å². The summed E-state index contributed by atoms with van der Waals surface area (Å²) in [5.74, 6) is 0.102. The Labute approximate surface area is 110 Å². The van der Waals surface area contributed by atoms with Gasteiger partial charge in [0.1, 0.15) is 11.1 Å². The van der Waals surface area contributed by atoms with Gasteiger partial charge in [-0.2, -0.15) is 5.26 Å². The summed E-state index contributed by atoms with van der Waals surface area (Å²) in [6.45, 7) is 1.66. The third kappa shape index (κ3) is 1.92. The maximum absolute atomic E-state index is 12.1. The Hall–Kier alpha value is -1.38. The fourth-order valence-electron chi connectivity index (χ4n) is 2.70. The Morgan fingerprint density at radius 2 is 2.39 bits per heavy atom. The third-order valence-electron chi connectivity index (χ3n) is 3.70. The largest absolute Gasteiger partial charge is 0.316 e. The predicted octanol–water partition coefficient (Wildman–Crippen LogP) is 1.66. The molecule has 0 spiro atoms. The Morgan fingerprint density at radius 3 is 3.11 bits per heavy atom. The molecule has 2 N–H and O–H groups in total. The molecular formula is C13H15N3OS. The van der Waals surface area contributed by atoms with Crippen molar-refractivity contribution >= 4 is 22.2 Å². The van der Waals surface area contributed by atoms with Crippen LogP contribution in [0.3, 0.4) is 0 Å². The van der Waals surface area contributed by atoms with Crippen LogP contribution in [-0.2, 0) is 17.6 Å². The Balaban J connectivity index is 1.81. The molecule has 1 saturated heterocycles. The zero-order valence-electron chi connectivity index (χ0n) is 10.1. The van der Waals surface area contributed by atoms with Crippen molar-refractivity contribution in [2.45, 2.75) is 25.7 Å². The number of nitriles is 1. The summed E-state index contributed by atoms with van der Waals surface area (Å²) < 4.78 is 0. The van der Waals surface area contributed by atoms with E-state index in [0.717, 1.165) is 43.8 Å². The van der Waals surface area contributed by atoms with Gasteiger partial charge in [-0.25, -0.2) is 0 Å². The van der Waals surface area contributed by atoms with Crippen LogP contribution in [0.25, 0.3) is 0 Å². The van der Waals surface area contributed by atoms with E-state index in [1.807, 2.05) is 0 Å². The monoisotopic (exact) mass is 261 g/mol. The number of rotatable bonds is 2. The molecule has 3 rings (SSSR count). The van der Waals surface area contributed by atoms with Crippen molar-refractivity contribution in [1.82, 2.24) is 5.32 Å². The highest BCUT2D eigenvalue weighted by molar-refractivity contribution is 7.16. The normalized spacial score (nSPS) is 21.6. The zero-order chi connectivity index (χ0) is 12.5. The number of anilines is 1. The van der Waals surface area contributed by atoms with Gasteiger partial charge in [-0.3, -0.25) is 4.79 Å². The predicted molar refractivity (Wildman–Crippen MR) is 70.7 cm³/mol. The topological polar surface area (TPSA) is 64.9 Å². The van der Waals surface area contributed by atoms with Crippen LogP contribution in [0.15, 0.2) is 0 Å². The van der Waals surface area contributed by atoms with Gasteiger partial charge < -0.3 is 10.6 Å². The highest BCUT2D eigenvalue weighted by atomic mass is 32.1. The maximum Gasteiger partial charge on any atom is 0.229 e. The lowest BCUT2D eigenvalue weighted by molar-refractivity contribution is -0.119. The second-order valence-corrected chi connectivity index (χ2v) is 5.96. The van der Waals surface area contributed by atoms with Crippen molar-refractivity contribution in [2.75, 3.05) is 18.4 Å². The third-order valence-corrected chi connectivity index (χ3v) is 4.91. The molecule has 4 nitrogen and oxygen atoms in total. The molecule has 1 aromatic heterocycles. The molecule has 1 aliphatic carbocycles. The summed E-state index contributed by atoms with van der Waals surface area (Å²) in [7, 11) is 0. The van der Waals surface area contributed by atoms with Gasteiger partial charge in [0.2, 0.25) is 5.91 Å². The molecule has 0 saturated carbocycles. The lowest BCUT2D eigenvalue weighted by atomic mass is 10.1. The molecule has 94 valence electrons. The van der Waals surface area contributed by atoms with Gasteiger partial charge in [-0.1, -0.05) is 0 Å². The van der Waals surface area contributed by atoms with Crippen LogP contribution in [0.5, 0.6) is 0 Å². The molecule has 0 radical (unpaired) electrons. The van der Waals surface area contributed by atoms with Crippen LogP contribution in [0, 0.1) is 17.2 Å². The number of nitrogens with one attached hydrogen (secondary N) is 2. The van der Waals surface area contributed by atoms with Gasteiger partial charge in [0, 0.05) is 11.4 Å². The number of thiophene rings is 1. The summed E-state index contributed by atoms with van der Waals surface area (Å²) in [5.41, 5.74) is 1.87. The molecule has 1 aliphatic heterocycles. The SMILES string of the molecule is N#Cc1c(NC(=O)C2CCNC2)sc2c1CCC2. The molecule has 1 fully saturated rings. The van der Waals surface area contributed by atoms with Gasteiger partial charge in [-0.15, -0.1) is 11.3 Å². The van der Waals surface area contributed by atoms with Crippen LogP contribution in [0.4, 0.5) is 5.00 Å². The minimum Gasteiger partial charge on any atom is -0.316 e. The molecule has 1 unspecified atom stereocenters. The quantitative estimate of drug-likeness (QED) is 0.851. The minimum absolute atomic E-state index is 0.0495. The van der Waals surface area contributed by atoms with Crippen LogP contribution in [0.2, 0.25) is 0 Å². The molecule has 5 heteroatoms. The van der Waals surface area contributed by atoms with E-state index in [4.69, 9.17) is 0 Å².